The SMILES string of the molecule is Cc1ccc(-n2c(S[C@@H](C)C(=O)NC(N)=O)nnc2-c2ccccc2)cc1C. The minimum Gasteiger partial charge on any atom is -0.351 e. The quantitative estimate of drug-likeness (QED) is 0.646. The van der Waals surface area contributed by atoms with Gasteiger partial charge in [0.25, 0.3) is 0 Å². The molecule has 0 aliphatic heterocycles. The number of nitrogens with zero attached hydrogens (tertiary/aromatic N) is 3. The van der Waals surface area contributed by atoms with Gasteiger partial charge in [-0.15, -0.1) is 10.2 Å². The van der Waals surface area contributed by atoms with Crippen molar-refractivity contribution in [2.24, 2.45) is 5.73 Å². The number of amides is 3. The van der Waals surface area contributed by atoms with Crippen LogP contribution in [0.4, 0.5) is 4.79 Å². The van der Waals surface area contributed by atoms with Gasteiger partial charge >= 0.3 is 6.03 Å². The number of thioether (sulfide) groups is 1. The number of aromatic nitrogens is 3. The first-order valence-electron chi connectivity index (χ1n) is 8.72. The van der Waals surface area contributed by atoms with Gasteiger partial charge in [-0.3, -0.25) is 14.7 Å². The van der Waals surface area contributed by atoms with Gasteiger partial charge in [0.15, 0.2) is 11.0 Å². The van der Waals surface area contributed by atoms with Crippen molar-refractivity contribution in [1.82, 2.24) is 20.1 Å². The fourth-order valence-electron chi connectivity index (χ4n) is 2.65. The first kappa shape index (κ1) is 19.6. The van der Waals surface area contributed by atoms with Crippen LogP contribution in [0.5, 0.6) is 0 Å². The molecular weight excluding hydrogens is 374 g/mol. The first-order chi connectivity index (χ1) is 13.4. The average Bonchev–Trinajstić information content (AvgIpc) is 3.07. The fraction of sp³-hybridized carbons (Fsp3) is 0.200. The van der Waals surface area contributed by atoms with Crippen LogP contribution in [0.25, 0.3) is 17.1 Å². The number of hydrogen-bond acceptors (Lipinski definition) is 5. The van der Waals surface area contributed by atoms with Crippen molar-refractivity contribution in [3.63, 3.8) is 0 Å². The molecule has 1 aromatic heterocycles. The second-order valence-corrected chi connectivity index (χ2v) is 7.70. The number of primary amides is 1. The Morgan fingerprint density at radius 3 is 2.43 bits per heavy atom. The molecule has 3 aromatic rings. The standard InChI is InChI=1S/C20H21N5O2S/c1-12-9-10-16(11-13(12)2)25-17(15-7-5-4-6-8-15)23-24-20(25)28-14(3)18(26)22-19(21)27/h4-11,14H,1-3H3,(H3,21,22,26,27)/t14-/m0/s1. The van der Waals surface area contributed by atoms with Crippen molar-refractivity contribution < 1.29 is 9.59 Å². The number of nitrogens with one attached hydrogen (secondary N) is 1. The Kier molecular flexibility index (Phi) is 5.79. The van der Waals surface area contributed by atoms with E-state index in [9.17, 15) is 9.59 Å². The van der Waals surface area contributed by atoms with E-state index in [4.69, 9.17) is 5.73 Å². The molecule has 0 spiro atoms. The number of carbonyl (C=O) groups excluding carboxylic acids is 2. The predicted molar refractivity (Wildman–Crippen MR) is 109 cm³/mol. The minimum absolute atomic E-state index is 0.478. The second-order valence-electron chi connectivity index (χ2n) is 6.39. The van der Waals surface area contributed by atoms with E-state index in [0.717, 1.165) is 16.8 Å². The van der Waals surface area contributed by atoms with Crippen LogP contribution in [0.15, 0.2) is 53.7 Å². The van der Waals surface area contributed by atoms with Gasteiger partial charge in [-0.05, 0) is 44.0 Å². The van der Waals surface area contributed by atoms with Crippen LogP contribution in [0.1, 0.15) is 18.1 Å². The smallest absolute Gasteiger partial charge is 0.318 e. The lowest BCUT2D eigenvalue weighted by molar-refractivity contribution is -0.119. The van der Waals surface area contributed by atoms with Crippen molar-refractivity contribution in [3.05, 3.63) is 59.7 Å². The van der Waals surface area contributed by atoms with Crippen LogP contribution in [0, 0.1) is 13.8 Å². The van der Waals surface area contributed by atoms with Gasteiger partial charge in [0.05, 0.1) is 10.9 Å². The molecule has 7 nitrogen and oxygen atoms in total. The van der Waals surface area contributed by atoms with Crippen molar-refractivity contribution >= 4 is 23.7 Å². The number of nitrogens with two attached hydrogens (primary N) is 1. The lowest BCUT2D eigenvalue weighted by atomic mass is 10.1. The van der Waals surface area contributed by atoms with Crippen molar-refractivity contribution in [3.8, 4) is 17.1 Å². The van der Waals surface area contributed by atoms with E-state index in [1.54, 1.807) is 6.92 Å². The van der Waals surface area contributed by atoms with E-state index in [1.807, 2.05) is 54.0 Å². The zero-order valence-corrected chi connectivity index (χ0v) is 16.7. The van der Waals surface area contributed by atoms with Crippen LogP contribution < -0.4 is 11.1 Å². The highest BCUT2D eigenvalue weighted by molar-refractivity contribution is 8.00. The summed E-state index contributed by atoms with van der Waals surface area (Å²) in [6.07, 6.45) is 0. The molecule has 0 bridgehead atoms. The summed E-state index contributed by atoms with van der Waals surface area (Å²) in [5.41, 5.74) is 9.18. The second kappa shape index (κ2) is 8.26. The van der Waals surface area contributed by atoms with Gasteiger partial charge < -0.3 is 5.73 Å². The van der Waals surface area contributed by atoms with Gasteiger partial charge in [-0.25, -0.2) is 4.79 Å². The predicted octanol–water partition coefficient (Wildman–Crippen LogP) is 3.23. The molecule has 0 radical (unpaired) electrons. The molecule has 3 N–H and O–H groups in total. The summed E-state index contributed by atoms with van der Waals surface area (Å²) >= 11 is 1.21. The van der Waals surface area contributed by atoms with Crippen molar-refractivity contribution in [1.29, 1.82) is 0 Å². The Morgan fingerprint density at radius 1 is 1.07 bits per heavy atom. The zero-order valence-electron chi connectivity index (χ0n) is 15.8. The van der Waals surface area contributed by atoms with Crippen LogP contribution in [0.2, 0.25) is 0 Å². The zero-order chi connectivity index (χ0) is 20.3. The molecule has 8 heteroatoms. The molecule has 2 aromatic carbocycles. The number of benzene rings is 2. The first-order valence-corrected chi connectivity index (χ1v) is 9.60. The van der Waals surface area contributed by atoms with E-state index in [-0.39, 0.29) is 0 Å². The molecule has 3 amide bonds. The van der Waals surface area contributed by atoms with E-state index in [0.29, 0.717) is 11.0 Å². The Balaban J connectivity index is 2.05. The van der Waals surface area contributed by atoms with Crippen LogP contribution in [-0.2, 0) is 4.79 Å². The molecule has 0 unspecified atom stereocenters. The summed E-state index contributed by atoms with van der Waals surface area (Å²) in [6, 6.07) is 14.9. The summed E-state index contributed by atoms with van der Waals surface area (Å²) in [5.74, 6) is 0.197. The maximum Gasteiger partial charge on any atom is 0.318 e. The highest BCUT2D eigenvalue weighted by Crippen LogP contribution is 2.30. The number of aryl methyl sites for hydroxylation is 2. The van der Waals surface area contributed by atoms with E-state index < -0.39 is 17.2 Å². The summed E-state index contributed by atoms with van der Waals surface area (Å²) in [7, 11) is 0. The average molecular weight is 395 g/mol. The van der Waals surface area contributed by atoms with E-state index >= 15 is 0 Å². The summed E-state index contributed by atoms with van der Waals surface area (Å²) in [6.45, 7) is 5.78. The van der Waals surface area contributed by atoms with Crippen molar-refractivity contribution in [2.45, 2.75) is 31.2 Å². The number of urea groups is 1. The molecule has 0 saturated heterocycles. The van der Waals surface area contributed by atoms with Gasteiger partial charge in [-0.2, -0.15) is 0 Å². The normalized spacial score (nSPS) is 11.8. The summed E-state index contributed by atoms with van der Waals surface area (Å²) in [4.78, 5) is 23.1. The topological polar surface area (TPSA) is 103 Å². The Bertz CT molecular complexity index is 1020. The Morgan fingerprint density at radius 2 is 1.79 bits per heavy atom. The van der Waals surface area contributed by atoms with Crippen LogP contribution >= 0.6 is 11.8 Å². The highest BCUT2D eigenvalue weighted by Gasteiger charge is 2.22. The molecule has 0 saturated carbocycles. The third kappa shape index (κ3) is 4.23. The van der Waals surface area contributed by atoms with Crippen LogP contribution in [-0.4, -0.2) is 32.0 Å². The van der Waals surface area contributed by atoms with Crippen molar-refractivity contribution in [2.75, 3.05) is 0 Å². The number of hydrogen-bond donors (Lipinski definition) is 2. The summed E-state index contributed by atoms with van der Waals surface area (Å²) in [5, 5.41) is 10.7. The van der Waals surface area contributed by atoms with Gasteiger partial charge in [0, 0.05) is 5.56 Å². The third-order valence-corrected chi connectivity index (χ3v) is 5.35. The van der Waals surface area contributed by atoms with Gasteiger partial charge in [0.2, 0.25) is 5.91 Å². The fourth-order valence-corrected chi connectivity index (χ4v) is 3.52. The lowest BCUT2D eigenvalue weighted by Crippen LogP contribution is -2.39. The molecule has 144 valence electrons. The molecule has 0 fully saturated rings. The maximum absolute atomic E-state index is 12.1. The van der Waals surface area contributed by atoms with Crippen LogP contribution in [0.3, 0.4) is 0 Å². The van der Waals surface area contributed by atoms with Gasteiger partial charge in [0.1, 0.15) is 0 Å². The Labute approximate surface area is 167 Å². The minimum atomic E-state index is -0.877. The van der Waals surface area contributed by atoms with Gasteiger partial charge in [-0.1, -0.05) is 48.2 Å². The largest absolute Gasteiger partial charge is 0.351 e. The number of rotatable bonds is 5. The highest BCUT2D eigenvalue weighted by atomic mass is 32.2. The number of carbonyl (C=O) groups is 2. The monoisotopic (exact) mass is 395 g/mol. The summed E-state index contributed by atoms with van der Waals surface area (Å²) < 4.78 is 1.92. The van der Waals surface area contributed by atoms with E-state index in [1.165, 1.54) is 17.3 Å². The van der Waals surface area contributed by atoms with E-state index in [2.05, 4.69) is 28.5 Å². The molecule has 0 aliphatic carbocycles. The molecular formula is C20H21N5O2S. The molecule has 0 aliphatic rings. The molecule has 28 heavy (non-hydrogen) atoms. The Hall–Kier alpha value is -3.13. The molecule has 1 atom stereocenters. The maximum atomic E-state index is 12.1. The molecule has 1 heterocycles. The number of imide groups is 1. The molecule has 3 rings (SSSR count). The third-order valence-electron chi connectivity index (χ3n) is 4.31. The lowest BCUT2D eigenvalue weighted by Gasteiger charge is -2.14.